The summed E-state index contributed by atoms with van der Waals surface area (Å²) in [7, 11) is 0. The second-order valence-corrected chi connectivity index (χ2v) is 6.24. The van der Waals surface area contributed by atoms with Crippen molar-refractivity contribution in [1.82, 2.24) is 0 Å². The molecular weight excluding hydrogens is 308 g/mol. The van der Waals surface area contributed by atoms with Gasteiger partial charge in [0.05, 0.1) is 4.92 Å². The molecule has 1 aliphatic rings. The molecule has 4 nitrogen and oxygen atoms in total. The van der Waals surface area contributed by atoms with Crippen LogP contribution < -0.4 is 5.32 Å². The standard InChI is InChI=1S/C14H19BrN2O2/c1-9-5-3-4-6-12(9)16-13-7-10(2)14(17(18)19)8-11(13)15/h7-9,12,16H,3-6H2,1-2H3. The number of hydrogen-bond acceptors (Lipinski definition) is 3. The van der Waals surface area contributed by atoms with Crippen molar-refractivity contribution in [3.8, 4) is 0 Å². The van der Waals surface area contributed by atoms with Gasteiger partial charge in [-0.1, -0.05) is 19.8 Å². The van der Waals surface area contributed by atoms with Crippen molar-refractivity contribution in [2.75, 3.05) is 5.32 Å². The van der Waals surface area contributed by atoms with Crippen LogP contribution in [0.1, 0.15) is 38.2 Å². The maximum Gasteiger partial charge on any atom is 0.273 e. The molecule has 1 aromatic carbocycles. The Balaban J connectivity index is 2.21. The lowest BCUT2D eigenvalue weighted by atomic mass is 9.86. The molecule has 0 spiro atoms. The Morgan fingerprint density at radius 3 is 2.68 bits per heavy atom. The molecule has 0 radical (unpaired) electrons. The second-order valence-electron chi connectivity index (χ2n) is 5.39. The summed E-state index contributed by atoms with van der Waals surface area (Å²) in [4.78, 5) is 10.6. The van der Waals surface area contributed by atoms with Gasteiger partial charge in [-0.05, 0) is 47.7 Å². The van der Waals surface area contributed by atoms with Gasteiger partial charge in [-0.15, -0.1) is 0 Å². The van der Waals surface area contributed by atoms with Crippen molar-refractivity contribution in [3.05, 3.63) is 32.3 Å². The van der Waals surface area contributed by atoms with Crippen LogP contribution in [0, 0.1) is 23.0 Å². The minimum Gasteiger partial charge on any atom is -0.381 e. The predicted octanol–water partition coefficient (Wildman–Crippen LogP) is 4.66. The molecule has 1 aliphatic carbocycles. The lowest BCUT2D eigenvalue weighted by Gasteiger charge is -2.30. The number of rotatable bonds is 3. The highest BCUT2D eigenvalue weighted by Crippen LogP contribution is 2.33. The molecule has 19 heavy (non-hydrogen) atoms. The largest absolute Gasteiger partial charge is 0.381 e. The van der Waals surface area contributed by atoms with E-state index < -0.39 is 0 Å². The van der Waals surface area contributed by atoms with Crippen LogP contribution in [0.15, 0.2) is 16.6 Å². The summed E-state index contributed by atoms with van der Waals surface area (Å²) in [5, 5.41) is 14.4. The molecule has 0 aliphatic heterocycles. The van der Waals surface area contributed by atoms with E-state index in [2.05, 4.69) is 28.2 Å². The number of nitro groups is 1. The first-order valence-electron chi connectivity index (χ1n) is 6.70. The van der Waals surface area contributed by atoms with Crippen molar-refractivity contribution in [2.24, 2.45) is 5.92 Å². The first-order valence-corrected chi connectivity index (χ1v) is 7.49. The molecule has 1 aromatic rings. The lowest BCUT2D eigenvalue weighted by molar-refractivity contribution is -0.385. The average molecular weight is 327 g/mol. The fraction of sp³-hybridized carbons (Fsp3) is 0.571. The Hall–Kier alpha value is -1.10. The number of hydrogen-bond donors (Lipinski definition) is 1. The number of benzene rings is 1. The van der Waals surface area contributed by atoms with Crippen LogP contribution in [0.4, 0.5) is 11.4 Å². The zero-order valence-corrected chi connectivity index (χ0v) is 12.9. The Kier molecular flexibility index (Phi) is 4.45. The van der Waals surface area contributed by atoms with E-state index in [-0.39, 0.29) is 10.6 Å². The molecular formula is C14H19BrN2O2. The van der Waals surface area contributed by atoms with Crippen LogP contribution in [0.3, 0.4) is 0 Å². The molecule has 0 amide bonds. The molecule has 5 heteroatoms. The molecule has 0 saturated heterocycles. The van der Waals surface area contributed by atoms with Crippen LogP contribution in [0.2, 0.25) is 0 Å². The normalized spacial score (nSPS) is 23.1. The Bertz CT molecular complexity index is 491. The van der Waals surface area contributed by atoms with Crippen molar-refractivity contribution >= 4 is 27.3 Å². The second kappa shape index (κ2) is 5.90. The van der Waals surface area contributed by atoms with E-state index in [1.807, 2.05) is 6.07 Å². The first-order chi connectivity index (χ1) is 8.99. The van der Waals surface area contributed by atoms with Crippen molar-refractivity contribution < 1.29 is 4.92 Å². The molecule has 1 saturated carbocycles. The lowest BCUT2D eigenvalue weighted by Crippen LogP contribution is -2.30. The maximum absolute atomic E-state index is 10.9. The molecule has 2 atom stereocenters. The van der Waals surface area contributed by atoms with Crippen LogP contribution in [-0.4, -0.2) is 11.0 Å². The van der Waals surface area contributed by atoms with E-state index in [1.54, 1.807) is 13.0 Å². The highest BCUT2D eigenvalue weighted by atomic mass is 79.9. The minimum atomic E-state index is -0.340. The molecule has 1 fully saturated rings. The van der Waals surface area contributed by atoms with Crippen molar-refractivity contribution in [1.29, 1.82) is 0 Å². The number of aryl methyl sites for hydroxylation is 1. The summed E-state index contributed by atoms with van der Waals surface area (Å²) in [5.74, 6) is 0.649. The number of halogens is 1. The Labute approximate surface area is 121 Å². The van der Waals surface area contributed by atoms with E-state index >= 15 is 0 Å². The first kappa shape index (κ1) is 14.3. The average Bonchev–Trinajstić information content (AvgIpc) is 2.35. The quantitative estimate of drug-likeness (QED) is 0.649. The van der Waals surface area contributed by atoms with E-state index in [0.29, 0.717) is 17.5 Å². The maximum atomic E-state index is 10.9. The fourth-order valence-corrected chi connectivity index (χ4v) is 3.15. The van der Waals surface area contributed by atoms with Crippen molar-refractivity contribution in [3.63, 3.8) is 0 Å². The molecule has 2 rings (SSSR count). The van der Waals surface area contributed by atoms with Gasteiger partial charge in [0.15, 0.2) is 0 Å². The smallest absolute Gasteiger partial charge is 0.273 e. The van der Waals surface area contributed by atoms with E-state index in [1.165, 1.54) is 25.7 Å². The molecule has 0 bridgehead atoms. The molecule has 104 valence electrons. The highest BCUT2D eigenvalue weighted by Gasteiger charge is 2.22. The molecule has 2 unspecified atom stereocenters. The summed E-state index contributed by atoms with van der Waals surface area (Å²) in [6.07, 6.45) is 4.98. The third-order valence-corrected chi connectivity index (χ3v) is 4.59. The molecule has 0 aromatic heterocycles. The summed E-state index contributed by atoms with van der Waals surface area (Å²) in [5.41, 5.74) is 1.81. The van der Waals surface area contributed by atoms with E-state index in [9.17, 15) is 10.1 Å². The van der Waals surface area contributed by atoms with Gasteiger partial charge in [-0.25, -0.2) is 0 Å². The Morgan fingerprint density at radius 1 is 1.37 bits per heavy atom. The van der Waals surface area contributed by atoms with Gasteiger partial charge >= 0.3 is 0 Å². The van der Waals surface area contributed by atoms with Gasteiger partial charge in [0.2, 0.25) is 0 Å². The zero-order chi connectivity index (χ0) is 14.0. The SMILES string of the molecule is Cc1cc(NC2CCCCC2C)c(Br)cc1[N+](=O)[O-]. The van der Waals surface area contributed by atoms with Gasteiger partial charge in [0.25, 0.3) is 5.69 Å². The van der Waals surface area contributed by atoms with Crippen LogP contribution in [0.5, 0.6) is 0 Å². The summed E-state index contributed by atoms with van der Waals surface area (Å²) in [6.45, 7) is 4.04. The van der Waals surface area contributed by atoms with Gasteiger partial charge in [-0.2, -0.15) is 0 Å². The van der Waals surface area contributed by atoms with Crippen LogP contribution >= 0.6 is 15.9 Å². The van der Waals surface area contributed by atoms with Crippen LogP contribution in [0.25, 0.3) is 0 Å². The zero-order valence-electron chi connectivity index (χ0n) is 11.3. The van der Waals surface area contributed by atoms with Gasteiger partial charge in [0, 0.05) is 27.8 Å². The van der Waals surface area contributed by atoms with Crippen molar-refractivity contribution in [2.45, 2.75) is 45.6 Å². The Morgan fingerprint density at radius 2 is 2.05 bits per heavy atom. The summed E-state index contributed by atoms with van der Waals surface area (Å²) < 4.78 is 0.766. The number of nitro benzene ring substituents is 1. The van der Waals surface area contributed by atoms with E-state index in [0.717, 1.165) is 10.2 Å². The number of nitrogens with one attached hydrogen (secondary N) is 1. The summed E-state index contributed by atoms with van der Waals surface area (Å²) >= 11 is 3.43. The van der Waals surface area contributed by atoms with Gasteiger partial charge < -0.3 is 5.32 Å². The topological polar surface area (TPSA) is 55.2 Å². The van der Waals surface area contributed by atoms with Gasteiger partial charge in [-0.3, -0.25) is 10.1 Å². The molecule has 1 N–H and O–H groups in total. The highest BCUT2D eigenvalue weighted by molar-refractivity contribution is 9.10. The monoisotopic (exact) mass is 326 g/mol. The van der Waals surface area contributed by atoms with Gasteiger partial charge in [0.1, 0.15) is 0 Å². The number of nitrogens with zero attached hydrogens (tertiary/aromatic N) is 1. The third-order valence-electron chi connectivity index (χ3n) is 3.93. The van der Waals surface area contributed by atoms with Crippen LogP contribution in [-0.2, 0) is 0 Å². The van der Waals surface area contributed by atoms with E-state index in [4.69, 9.17) is 0 Å². The summed E-state index contributed by atoms with van der Waals surface area (Å²) in [6, 6.07) is 3.92. The fourth-order valence-electron chi connectivity index (χ4n) is 2.71. The predicted molar refractivity (Wildman–Crippen MR) is 80.6 cm³/mol. The minimum absolute atomic E-state index is 0.161. The molecule has 0 heterocycles. The number of anilines is 1. The third kappa shape index (κ3) is 3.26.